The van der Waals surface area contributed by atoms with Crippen molar-refractivity contribution in [2.24, 2.45) is 4.99 Å². The smallest absolute Gasteiger partial charge is 0.270 e. The van der Waals surface area contributed by atoms with E-state index in [0.29, 0.717) is 48.8 Å². The van der Waals surface area contributed by atoms with Crippen molar-refractivity contribution >= 4 is 17.1 Å². The van der Waals surface area contributed by atoms with Crippen molar-refractivity contribution in [3.63, 3.8) is 0 Å². The van der Waals surface area contributed by atoms with Gasteiger partial charge in [0.15, 0.2) is 6.19 Å². The molecule has 1 aromatic rings. The van der Waals surface area contributed by atoms with Crippen LogP contribution in [0.25, 0.3) is 5.57 Å². The Hall–Kier alpha value is -2.92. The second-order valence-electron chi connectivity index (χ2n) is 5.98. The molecule has 0 aliphatic carbocycles. The summed E-state index contributed by atoms with van der Waals surface area (Å²) in [4.78, 5) is 16.3. The Kier molecular flexibility index (Phi) is 4.42. The van der Waals surface area contributed by atoms with Crippen molar-refractivity contribution in [2.45, 2.75) is 18.4 Å². The number of nitro benzene ring substituents is 1. The summed E-state index contributed by atoms with van der Waals surface area (Å²) in [6, 6.07) is 4.49. The average Bonchev–Trinajstić information content (AvgIpc) is 2.62. The fourth-order valence-electron chi connectivity index (χ4n) is 3.17. The molecule has 1 fully saturated rings. The van der Waals surface area contributed by atoms with Crippen LogP contribution in [0.15, 0.2) is 29.3 Å². The number of aliphatic imine (C=N–C) groups is 1. The van der Waals surface area contributed by atoms with Crippen LogP contribution in [-0.2, 0) is 4.74 Å². The van der Waals surface area contributed by atoms with Gasteiger partial charge >= 0.3 is 0 Å². The highest BCUT2D eigenvalue weighted by atomic mass is 16.6. The second kappa shape index (κ2) is 6.53. The maximum absolute atomic E-state index is 11.2. The number of hydrogen-bond donors (Lipinski definition) is 0. The molecule has 8 nitrogen and oxygen atoms in total. The number of rotatable bonds is 2. The van der Waals surface area contributed by atoms with Crippen molar-refractivity contribution in [3.8, 4) is 11.9 Å². The van der Waals surface area contributed by atoms with Crippen LogP contribution in [-0.4, -0.2) is 48.6 Å². The molecular formula is C17H18N4O4. The molecule has 2 aliphatic heterocycles. The molecule has 1 aromatic carbocycles. The van der Waals surface area contributed by atoms with Crippen LogP contribution in [0, 0.1) is 21.6 Å². The molecular weight excluding hydrogens is 324 g/mol. The lowest BCUT2D eigenvalue weighted by atomic mass is 9.86. The van der Waals surface area contributed by atoms with E-state index in [1.165, 1.54) is 17.0 Å². The maximum atomic E-state index is 11.2. The zero-order valence-electron chi connectivity index (χ0n) is 14.1. The van der Waals surface area contributed by atoms with E-state index in [9.17, 15) is 15.4 Å². The van der Waals surface area contributed by atoms with Gasteiger partial charge in [-0.2, -0.15) is 5.26 Å². The Bertz CT molecular complexity index is 803. The third-order valence-electron chi connectivity index (χ3n) is 4.44. The van der Waals surface area contributed by atoms with E-state index in [-0.39, 0.29) is 5.69 Å². The molecule has 8 heteroatoms. The molecule has 0 N–H and O–H groups in total. The van der Waals surface area contributed by atoms with Crippen molar-refractivity contribution < 1.29 is 14.4 Å². The number of ether oxygens (including phenoxy) is 2. The summed E-state index contributed by atoms with van der Waals surface area (Å²) in [5.74, 6) is 0.996. The van der Waals surface area contributed by atoms with Gasteiger partial charge < -0.3 is 9.47 Å². The van der Waals surface area contributed by atoms with Gasteiger partial charge in [-0.05, 0) is 12.1 Å². The van der Waals surface area contributed by atoms with Gasteiger partial charge in [-0.1, -0.05) is 0 Å². The first-order chi connectivity index (χ1) is 12.0. The first-order valence-corrected chi connectivity index (χ1v) is 7.89. The molecule has 130 valence electrons. The molecule has 0 bridgehead atoms. The van der Waals surface area contributed by atoms with Gasteiger partial charge in [0.1, 0.15) is 17.2 Å². The quantitative estimate of drug-likeness (QED) is 0.204. The molecule has 1 spiro atoms. The lowest BCUT2D eigenvalue weighted by molar-refractivity contribution is -0.384. The van der Waals surface area contributed by atoms with E-state index in [0.717, 1.165) is 0 Å². The maximum Gasteiger partial charge on any atom is 0.270 e. The molecule has 0 saturated carbocycles. The van der Waals surface area contributed by atoms with Crippen LogP contribution in [0.2, 0.25) is 0 Å². The van der Waals surface area contributed by atoms with E-state index < -0.39 is 10.5 Å². The van der Waals surface area contributed by atoms with Gasteiger partial charge in [0.05, 0.1) is 18.1 Å². The Balaban J connectivity index is 2.17. The largest absolute Gasteiger partial charge is 0.482 e. The first-order valence-electron chi connectivity index (χ1n) is 7.89. The summed E-state index contributed by atoms with van der Waals surface area (Å²) in [6.45, 7) is 1.14. The number of benzene rings is 1. The molecule has 2 aliphatic rings. The van der Waals surface area contributed by atoms with Gasteiger partial charge in [-0.15, -0.1) is 0 Å². The zero-order chi connectivity index (χ0) is 18.0. The minimum Gasteiger partial charge on any atom is -0.482 e. The summed E-state index contributed by atoms with van der Waals surface area (Å²) in [5.41, 5.74) is 0.641. The predicted molar refractivity (Wildman–Crippen MR) is 91.2 cm³/mol. The Morgan fingerprint density at radius 1 is 1.44 bits per heavy atom. The Morgan fingerprint density at radius 3 is 2.76 bits per heavy atom. The average molecular weight is 342 g/mol. The third-order valence-corrected chi connectivity index (χ3v) is 4.44. The van der Waals surface area contributed by atoms with Crippen LogP contribution in [0.3, 0.4) is 0 Å². The van der Waals surface area contributed by atoms with Crippen LogP contribution < -0.4 is 4.74 Å². The van der Waals surface area contributed by atoms with Crippen molar-refractivity contribution in [3.05, 3.63) is 40.0 Å². The number of nitro groups is 1. The number of nitriles is 1. The number of non-ortho nitro benzene ring substituents is 1. The molecule has 1 saturated heterocycles. The van der Waals surface area contributed by atoms with Gasteiger partial charge in [-0.25, -0.2) is 0 Å². The van der Waals surface area contributed by atoms with Crippen LogP contribution in [0.4, 0.5) is 5.69 Å². The highest BCUT2D eigenvalue weighted by Gasteiger charge is 2.39. The molecule has 0 unspecified atom stereocenters. The monoisotopic (exact) mass is 342 g/mol. The highest BCUT2D eigenvalue weighted by Crippen LogP contribution is 2.42. The lowest BCUT2D eigenvalue weighted by Crippen LogP contribution is -2.43. The zero-order valence-corrected chi connectivity index (χ0v) is 14.1. The molecule has 0 atom stereocenters. The molecule has 3 rings (SSSR count). The minimum absolute atomic E-state index is 0.0359. The van der Waals surface area contributed by atoms with E-state index in [2.05, 4.69) is 4.99 Å². The summed E-state index contributed by atoms with van der Waals surface area (Å²) in [5, 5.41) is 20.4. The fraction of sp³-hybridized carbons (Fsp3) is 0.412. The summed E-state index contributed by atoms with van der Waals surface area (Å²) >= 11 is 0. The van der Waals surface area contributed by atoms with Gasteiger partial charge in [0.2, 0.25) is 0 Å². The van der Waals surface area contributed by atoms with Crippen LogP contribution in [0.1, 0.15) is 18.4 Å². The Morgan fingerprint density at radius 2 is 2.16 bits per heavy atom. The topological polar surface area (TPSA) is 101 Å². The van der Waals surface area contributed by atoms with Crippen molar-refractivity contribution in [1.29, 1.82) is 5.26 Å². The van der Waals surface area contributed by atoms with Crippen LogP contribution in [0.5, 0.6) is 5.75 Å². The Labute approximate surface area is 145 Å². The summed E-state index contributed by atoms with van der Waals surface area (Å²) in [7, 11) is 3.19. The van der Waals surface area contributed by atoms with Gasteiger partial charge in [0.25, 0.3) is 5.69 Å². The van der Waals surface area contributed by atoms with E-state index >= 15 is 0 Å². The normalized spacial score (nSPS) is 18.6. The standard InChI is InChI=1S/C17H18N4O4/c1-19-16(20(2)11-18)14-10-17(5-7-24-8-6-17)25-15-4-3-12(21(22)23)9-13(14)15/h3-4,9-10H,5-8H2,1-2H3. The highest BCUT2D eigenvalue weighted by molar-refractivity contribution is 6.24. The SMILES string of the molecule is CN=C(C1=CC2(CCOCC2)Oc2ccc([N+](=O)[O-])cc21)N(C)C#N. The van der Waals surface area contributed by atoms with E-state index in [1.54, 1.807) is 20.2 Å². The van der Waals surface area contributed by atoms with Crippen molar-refractivity contribution in [2.75, 3.05) is 27.3 Å². The minimum atomic E-state index is -0.553. The van der Waals surface area contributed by atoms with Crippen LogP contribution >= 0.6 is 0 Å². The second-order valence-corrected chi connectivity index (χ2v) is 5.98. The fourth-order valence-corrected chi connectivity index (χ4v) is 3.17. The molecule has 25 heavy (non-hydrogen) atoms. The number of likely N-dealkylation sites (N-methyl/N-ethyl adjacent to an activating group) is 1. The predicted octanol–water partition coefficient (Wildman–Crippen LogP) is 2.36. The molecule has 2 heterocycles. The first kappa shape index (κ1) is 16.9. The van der Waals surface area contributed by atoms with E-state index in [1.807, 2.05) is 12.3 Å². The third kappa shape index (κ3) is 3.06. The lowest BCUT2D eigenvalue weighted by Gasteiger charge is -2.39. The molecule has 0 aromatic heterocycles. The summed E-state index contributed by atoms with van der Waals surface area (Å²) in [6.07, 6.45) is 5.30. The number of fused-ring (bicyclic) bond motifs is 1. The summed E-state index contributed by atoms with van der Waals surface area (Å²) < 4.78 is 11.6. The van der Waals surface area contributed by atoms with Gasteiger partial charge in [-0.3, -0.25) is 20.0 Å². The molecule has 0 radical (unpaired) electrons. The number of hydrogen-bond acceptors (Lipinski definition) is 6. The van der Waals surface area contributed by atoms with E-state index in [4.69, 9.17) is 9.47 Å². The molecule has 0 amide bonds. The number of nitrogens with zero attached hydrogens (tertiary/aromatic N) is 4. The van der Waals surface area contributed by atoms with Crippen molar-refractivity contribution in [1.82, 2.24) is 4.90 Å². The number of amidine groups is 1. The van der Waals surface area contributed by atoms with Gasteiger partial charge in [0, 0.05) is 50.2 Å².